The third-order valence-electron chi connectivity index (χ3n) is 8.41. The van der Waals surface area contributed by atoms with Gasteiger partial charge in [-0.15, -0.1) is 0 Å². The standard InChI is InChI=1S/C33H38N6O/c1-23-21-28(12-11-25(23)13-14-29(34)26-5-3-2-4-6-26)30-31-32(35)36-15-16-39(31)33(37-30)27-9-7-24(8-10-27)22-38-17-19-40-20-18-38/h2-6,11-16,21,24,27H,1,7-10,17-20,22,34H2,(H2,35,36)/b25-13-,29-14-. The Hall–Kier alpha value is -3.94. The molecule has 0 unspecified atom stereocenters. The number of ether oxygens (including phenoxy) is 1. The summed E-state index contributed by atoms with van der Waals surface area (Å²) >= 11 is 0. The zero-order valence-corrected chi connectivity index (χ0v) is 23.0. The van der Waals surface area contributed by atoms with Crippen LogP contribution in [0.3, 0.4) is 0 Å². The molecule has 0 bridgehead atoms. The summed E-state index contributed by atoms with van der Waals surface area (Å²) in [5.41, 5.74) is 17.2. The van der Waals surface area contributed by atoms with Gasteiger partial charge in [0, 0.05) is 49.2 Å². The Morgan fingerprint density at radius 2 is 1.82 bits per heavy atom. The fraction of sp³-hybridized carbons (Fsp3) is 0.333. The largest absolute Gasteiger partial charge is 0.398 e. The third-order valence-corrected chi connectivity index (χ3v) is 8.41. The summed E-state index contributed by atoms with van der Waals surface area (Å²) in [4.78, 5) is 12.2. The molecule has 0 atom stereocenters. The van der Waals surface area contributed by atoms with E-state index in [-0.39, 0.29) is 0 Å². The van der Waals surface area contributed by atoms with Crippen molar-refractivity contribution < 1.29 is 4.74 Å². The second-order valence-corrected chi connectivity index (χ2v) is 11.0. The summed E-state index contributed by atoms with van der Waals surface area (Å²) < 4.78 is 7.69. The van der Waals surface area contributed by atoms with Gasteiger partial charge in [0.1, 0.15) is 22.9 Å². The Bertz CT molecular complexity index is 1610. The predicted molar refractivity (Wildman–Crippen MR) is 163 cm³/mol. The number of fused-ring (bicyclic) bond motifs is 1. The van der Waals surface area contributed by atoms with E-state index in [4.69, 9.17) is 21.2 Å². The Balaban J connectivity index is 1.26. The molecule has 1 saturated heterocycles. The van der Waals surface area contributed by atoms with Gasteiger partial charge >= 0.3 is 0 Å². The Labute approximate surface area is 235 Å². The van der Waals surface area contributed by atoms with E-state index in [0.717, 1.165) is 83.7 Å². The molecule has 6 rings (SSSR count). The van der Waals surface area contributed by atoms with E-state index in [2.05, 4.69) is 39.1 Å². The number of benzene rings is 2. The van der Waals surface area contributed by atoms with Gasteiger partial charge < -0.3 is 16.2 Å². The molecule has 0 amide bonds. The smallest absolute Gasteiger partial charge is 0.150 e. The van der Waals surface area contributed by atoms with Crippen LogP contribution in [-0.4, -0.2) is 52.1 Å². The van der Waals surface area contributed by atoms with Crippen LogP contribution in [-0.2, 0) is 4.74 Å². The number of aromatic nitrogens is 3. The molecule has 1 aliphatic carbocycles. The maximum atomic E-state index is 6.44. The van der Waals surface area contributed by atoms with E-state index in [0.29, 0.717) is 17.4 Å². The summed E-state index contributed by atoms with van der Waals surface area (Å²) in [6, 6.07) is 16.2. The second-order valence-electron chi connectivity index (χ2n) is 11.0. The highest BCUT2D eigenvalue weighted by Gasteiger charge is 2.28. The molecule has 1 saturated carbocycles. The Kier molecular flexibility index (Phi) is 7.66. The summed E-state index contributed by atoms with van der Waals surface area (Å²) in [7, 11) is 0. The van der Waals surface area contributed by atoms with Crippen molar-refractivity contribution in [1.82, 2.24) is 19.3 Å². The maximum absolute atomic E-state index is 6.44. The van der Waals surface area contributed by atoms with Gasteiger partial charge in [-0.25, -0.2) is 9.97 Å². The van der Waals surface area contributed by atoms with Gasteiger partial charge in [-0.05, 0) is 59.7 Å². The number of allylic oxidation sites excluding steroid dienone is 1. The van der Waals surface area contributed by atoms with E-state index < -0.39 is 0 Å². The molecule has 2 aromatic heterocycles. The number of nitrogen functional groups attached to an aromatic ring is 1. The molecule has 2 fully saturated rings. The second kappa shape index (κ2) is 11.7. The van der Waals surface area contributed by atoms with Crippen LogP contribution in [0.25, 0.3) is 35.1 Å². The summed E-state index contributed by atoms with van der Waals surface area (Å²) in [6.07, 6.45) is 12.4. The van der Waals surface area contributed by atoms with Crippen LogP contribution in [0.4, 0.5) is 5.82 Å². The predicted octanol–water partition coefficient (Wildman–Crippen LogP) is 3.78. The zero-order valence-electron chi connectivity index (χ0n) is 23.0. The lowest BCUT2D eigenvalue weighted by molar-refractivity contribution is 0.0273. The molecular weight excluding hydrogens is 496 g/mol. The van der Waals surface area contributed by atoms with Crippen LogP contribution in [0.1, 0.15) is 43.0 Å². The lowest BCUT2D eigenvalue weighted by Gasteiger charge is -2.34. The summed E-state index contributed by atoms with van der Waals surface area (Å²) in [6.45, 7) is 9.34. The van der Waals surface area contributed by atoms with Crippen LogP contribution in [0, 0.1) is 5.92 Å². The number of anilines is 1. The van der Waals surface area contributed by atoms with Crippen molar-refractivity contribution >= 4 is 29.7 Å². The number of imidazole rings is 1. The van der Waals surface area contributed by atoms with Gasteiger partial charge in [-0.3, -0.25) is 9.30 Å². The van der Waals surface area contributed by atoms with Gasteiger partial charge in [-0.2, -0.15) is 0 Å². The first-order chi connectivity index (χ1) is 19.6. The van der Waals surface area contributed by atoms with Crippen LogP contribution < -0.4 is 21.9 Å². The number of morpholine rings is 1. The first-order valence-corrected chi connectivity index (χ1v) is 14.3. The lowest BCUT2D eigenvalue weighted by atomic mass is 9.81. The molecule has 40 heavy (non-hydrogen) atoms. The highest BCUT2D eigenvalue weighted by molar-refractivity contribution is 5.85. The minimum absolute atomic E-state index is 0.405. The minimum Gasteiger partial charge on any atom is -0.398 e. The van der Waals surface area contributed by atoms with E-state index in [1.165, 1.54) is 19.4 Å². The molecule has 0 radical (unpaired) electrons. The van der Waals surface area contributed by atoms with Gasteiger partial charge in [0.15, 0.2) is 0 Å². The number of hydrogen-bond donors (Lipinski definition) is 2. The van der Waals surface area contributed by atoms with E-state index in [9.17, 15) is 0 Å². The molecule has 7 heteroatoms. The van der Waals surface area contributed by atoms with Crippen molar-refractivity contribution in [2.24, 2.45) is 11.7 Å². The SMILES string of the molecule is C=c1cc(-c2nc(C3CCC(CN4CCOCC4)CC3)n3ccnc(N)c23)cc/c1=C/C=C(\N)c1ccccc1. The average molecular weight is 535 g/mol. The van der Waals surface area contributed by atoms with Gasteiger partial charge in [-0.1, -0.05) is 55.1 Å². The van der Waals surface area contributed by atoms with Crippen LogP contribution in [0.5, 0.6) is 0 Å². The molecule has 206 valence electrons. The van der Waals surface area contributed by atoms with Crippen molar-refractivity contribution in [3.05, 3.63) is 88.8 Å². The normalized spacial score (nSPS) is 21.2. The van der Waals surface area contributed by atoms with E-state index >= 15 is 0 Å². The number of nitrogens with zero attached hydrogens (tertiary/aromatic N) is 4. The number of nitrogens with two attached hydrogens (primary N) is 2. The Morgan fingerprint density at radius 3 is 2.58 bits per heavy atom. The van der Waals surface area contributed by atoms with Crippen molar-refractivity contribution in [1.29, 1.82) is 0 Å². The first kappa shape index (κ1) is 26.3. The molecule has 1 aliphatic heterocycles. The number of rotatable bonds is 6. The quantitative estimate of drug-likeness (QED) is 0.391. The molecule has 7 nitrogen and oxygen atoms in total. The van der Waals surface area contributed by atoms with Crippen LogP contribution in [0.15, 0.2) is 67.0 Å². The average Bonchev–Trinajstić information content (AvgIpc) is 3.39. The molecule has 4 N–H and O–H groups in total. The van der Waals surface area contributed by atoms with Crippen molar-refractivity contribution in [3.8, 4) is 11.3 Å². The monoisotopic (exact) mass is 534 g/mol. The topological polar surface area (TPSA) is 94.7 Å². The van der Waals surface area contributed by atoms with Crippen molar-refractivity contribution in [3.63, 3.8) is 0 Å². The van der Waals surface area contributed by atoms with Crippen LogP contribution >= 0.6 is 0 Å². The summed E-state index contributed by atoms with van der Waals surface area (Å²) in [5.74, 6) is 2.73. The molecule has 2 aliphatic rings. The van der Waals surface area contributed by atoms with Crippen molar-refractivity contribution in [2.45, 2.75) is 31.6 Å². The van der Waals surface area contributed by atoms with E-state index in [1.807, 2.05) is 48.7 Å². The third kappa shape index (κ3) is 5.53. The minimum atomic E-state index is 0.405. The fourth-order valence-electron chi connectivity index (χ4n) is 6.15. The zero-order chi connectivity index (χ0) is 27.5. The van der Waals surface area contributed by atoms with Crippen molar-refractivity contribution in [2.75, 3.05) is 38.6 Å². The molecule has 0 spiro atoms. The molecule has 3 heterocycles. The highest BCUT2D eigenvalue weighted by atomic mass is 16.5. The lowest BCUT2D eigenvalue weighted by Crippen LogP contribution is -2.40. The van der Waals surface area contributed by atoms with E-state index in [1.54, 1.807) is 6.20 Å². The van der Waals surface area contributed by atoms with Gasteiger partial charge in [0.2, 0.25) is 0 Å². The number of hydrogen-bond acceptors (Lipinski definition) is 6. The Morgan fingerprint density at radius 1 is 1.05 bits per heavy atom. The fourth-order valence-corrected chi connectivity index (χ4v) is 6.15. The maximum Gasteiger partial charge on any atom is 0.150 e. The molecule has 2 aromatic carbocycles. The van der Waals surface area contributed by atoms with Gasteiger partial charge in [0.25, 0.3) is 0 Å². The van der Waals surface area contributed by atoms with Gasteiger partial charge in [0.05, 0.1) is 13.2 Å². The first-order valence-electron chi connectivity index (χ1n) is 14.3. The highest BCUT2D eigenvalue weighted by Crippen LogP contribution is 2.38. The molecule has 4 aromatic rings. The van der Waals surface area contributed by atoms with Crippen LogP contribution in [0.2, 0.25) is 0 Å². The summed E-state index contributed by atoms with van der Waals surface area (Å²) in [5, 5.41) is 1.92. The molecular formula is C33H38N6O.